The van der Waals surface area contributed by atoms with Gasteiger partial charge in [0.15, 0.2) is 0 Å². The average Bonchev–Trinajstić information content (AvgIpc) is 3.06. The van der Waals surface area contributed by atoms with E-state index in [9.17, 15) is 18.0 Å². The molecular weight excluding hydrogens is 359 g/mol. The third-order valence-corrected chi connectivity index (χ3v) is 3.40. The number of anilines is 1. The van der Waals surface area contributed by atoms with E-state index >= 15 is 0 Å². The van der Waals surface area contributed by atoms with Crippen LogP contribution in [0.5, 0.6) is 0 Å². The number of hydrogen-bond donors (Lipinski definition) is 1. The second-order valence-corrected chi connectivity index (χ2v) is 5.34. The predicted molar refractivity (Wildman–Crippen MR) is 83.6 cm³/mol. The monoisotopic (exact) mass is 367 g/mol. The van der Waals surface area contributed by atoms with Crippen molar-refractivity contribution < 1.29 is 18.0 Å². The number of carbonyl (C=O) groups is 1. The van der Waals surface area contributed by atoms with Crippen LogP contribution in [0.2, 0.25) is 5.02 Å². The van der Waals surface area contributed by atoms with Crippen LogP contribution in [-0.2, 0) is 6.18 Å². The van der Waals surface area contributed by atoms with Crippen LogP contribution in [0.1, 0.15) is 16.2 Å². The van der Waals surface area contributed by atoms with Crippen LogP contribution in [0.15, 0.2) is 48.5 Å². The van der Waals surface area contributed by atoms with E-state index in [2.05, 4.69) is 20.7 Å². The smallest absolute Gasteiger partial charge is 0.319 e. The molecule has 0 aliphatic rings. The van der Waals surface area contributed by atoms with Gasteiger partial charge in [0.25, 0.3) is 11.7 Å². The summed E-state index contributed by atoms with van der Waals surface area (Å²) >= 11 is 5.75. The lowest BCUT2D eigenvalue weighted by molar-refractivity contribution is -0.137. The van der Waals surface area contributed by atoms with Crippen molar-refractivity contribution in [1.29, 1.82) is 0 Å². The second kappa shape index (κ2) is 6.52. The van der Waals surface area contributed by atoms with E-state index < -0.39 is 17.6 Å². The number of benzene rings is 2. The van der Waals surface area contributed by atoms with Crippen molar-refractivity contribution in [2.75, 3.05) is 5.32 Å². The Bertz CT molecular complexity index is 891. The summed E-state index contributed by atoms with van der Waals surface area (Å²) in [5.74, 6) is -0.838. The van der Waals surface area contributed by atoms with Crippen molar-refractivity contribution in [2.45, 2.75) is 6.18 Å². The average molecular weight is 368 g/mol. The highest BCUT2D eigenvalue weighted by Gasteiger charge is 2.30. The van der Waals surface area contributed by atoms with Crippen LogP contribution in [-0.4, -0.2) is 26.1 Å². The van der Waals surface area contributed by atoms with Crippen molar-refractivity contribution in [2.24, 2.45) is 0 Å². The third-order valence-electron chi connectivity index (χ3n) is 3.14. The topological polar surface area (TPSA) is 72.7 Å². The van der Waals surface area contributed by atoms with Crippen LogP contribution in [0.4, 0.5) is 18.9 Å². The largest absolute Gasteiger partial charge is 0.416 e. The summed E-state index contributed by atoms with van der Waals surface area (Å²) in [7, 11) is 0. The molecule has 128 valence electrons. The SMILES string of the molecule is O=C(Nc1ccc(Cl)cc1)c1nnn(-c2ccc(C(F)(F)F)cc2)n1. The fraction of sp³-hybridized carbons (Fsp3) is 0.0667. The zero-order valence-electron chi connectivity index (χ0n) is 12.3. The number of aromatic nitrogens is 4. The van der Waals surface area contributed by atoms with E-state index in [1.54, 1.807) is 24.3 Å². The maximum atomic E-state index is 12.6. The molecule has 10 heteroatoms. The van der Waals surface area contributed by atoms with Gasteiger partial charge in [-0.05, 0) is 53.7 Å². The van der Waals surface area contributed by atoms with Gasteiger partial charge in [0.2, 0.25) is 0 Å². The number of tetrazole rings is 1. The molecular formula is C15H9ClF3N5O. The molecule has 0 spiro atoms. The van der Waals surface area contributed by atoms with Gasteiger partial charge in [-0.1, -0.05) is 11.6 Å². The van der Waals surface area contributed by atoms with Gasteiger partial charge in [-0.2, -0.15) is 13.2 Å². The van der Waals surface area contributed by atoms with E-state index in [-0.39, 0.29) is 11.5 Å². The molecule has 1 amide bonds. The summed E-state index contributed by atoms with van der Waals surface area (Å²) < 4.78 is 37.7. The first-order valence-corrected chi connectivity index (χ1v) is 7.25. The molecule has 0 aliphatic heterocycles. The number of carbonyl (C=O) groups excluding carboxylic acids is 1. The minimum absolute atomic E-state index is 0.227. The molecule has 0 radical (unpaired) electrons. The number of halogens is 4. The Balaban J connectivity index is 1.75. The fourth-order valence-corrected chi connectivity index (χ4v) is 2.04. The molecule has 1 heterocycles. The van der Waals surface area contributed by atoms with Crippen molar-refractivity contribution >= 4 is 23.2 Å². The van der Waals surface area contributed by atoms with Crippen molar-refractivity contribution in [3.8, 4) is 5.69 Å². The lowest BCUT2D eigenvalue weighted by atomic mass is 10.2. The second-order valence-electron chi connectivity index (χ2n) is 4.91. The predicted octanol–water partition coefficient (Wildman–Crippen LogP) is 3.59. The number of amides is 1. The lowest BCUT2D eigenvalue weighted by Crippen LogP contribution is -2.14. The molecule has 25 heavy (non-hydrogen) atoms. The Morgan fingerprint density at radius 2 is 1.68 bits per heavy atom. The quantitative estimate of drug-likeness (QED) is 0.768. The number of alkyl halides is 3. The molecule has 0 bridgehead atoms. The number of nitrogens with one attached hydrogen (secondary N) is 1. The van der Waals surface area contributed by atoms with E-state index in [1.807, 2.05) is 0 Å². The van der Waals surface area contributed by atoms with Crippen LogP contribution in [0, 0.1) is 0 Å². The van der Waals surface area contributed by atoms with Crippen LogP contribution >= 0.6 is 11.6 Å². The summed E-state index contributed by atoms with van der Waals surface area (Å²) in [4.78, 5) is 13.0. The molecule has 0 fully saturated rings. The molecule has 0 saturated carbocycles. The third kappa shape index (κ3) is 3.94. The number of rotatable bonds is 3. The zero-order valence-corrected chi connectivity index (χ0v) is 13.1. The standard InChI is InChI=1S/C15H9ClF3N5O/c16-10-3-5-11(6-4-10)20-14(25)13-21-23-24(22-13)12-7-1-9(2-8-12)15(17,18)19/h1-8H,(H,20,25). The highest BCUT2D eigenvalue weighted by Crippen LogP contribution is 2.29. The van der Waals surface area contributed by atoms with Crippen molar-refractivity contribution in [1.82, 2.24) is 20.2 Å². The summed E-state index contributed by atoms with van der Waals surface area (Å²) in [5, 5.41) is 14.2. The lowest BCUT2D eigenvalue weighted by Gasteiger charge is -2.06. The first-order chi connectivity index (χ1) is 11.8. The Morgan fingerprint density at radius 1 is 1.04 bits per heavy atom. The molecule has 1 aromatic heterocycles. The molecule has 0 unspecified atom stereocenters. The molecule has 3 aromatic rings. The van der Waals surface area contributed by atoms with E-state index in [4.69, 9.17) is 11.6 Å². The number of nitrogens with zero attached hydrogens (tertiary/aromatic N) is 4. The Labute approximate surface area is 144 Å². The normalized spacial score (nSPS) is 11.4. The van der Waals surface area contributed by atoms with E-state index in [0.717, 1.165) is 16.9 Å². The first kappa shape index (κ1) is 16.9. The molecule has 6 nitrogen and oxygen atoms in total. The minimum Gasteiger partial charge on any atom is -0.319 e. The molecule has 0 saturated heterocycles. The fourth-order valence-electron chi connectivity index (χ4n) is 1.92. The van der Waals surface area contributed by atoms with Crippen LogP contribution in [0.25, 0.3) is 5.69 Å². The minimum atomic E-state index is -4.43. The Kier molecular flexibility index (Phi) is 4.41. The molecule has 3 rings (SSSR count). The Hall–Kier alpha value is -2.94. The van der Waals surface area contributed by atoms with E-state index in [0.29, 0.717) is 10.7 Å². The maximum absolute atomic E-state index is 12.6. The summed E-state index contributed by atoms with van der Waals surface area (Å²) in [6.07, 6.45) is -4.43. The van der Waals surface area contributed by atoms with Gasteiger partial charge in [-0.3, -0.25) is 4.79 Å². The molecule has 0 atom stereocenters. The van der Waals surface area contributed by atoms with Crippen molar-refractivity contribution in [3.63, 3.8) is 0 Å². The van der Waals surface area contributed by atoms with Gasteiger partial charge in [0.1, 0.15) is 0 Å². The molecule has 1 N–H and O–H groups in total. The van der Waals surface area contributed by atoms with Crippen LogP contribution < -0.4 is 5.32 Å². The maximum Gasteiger partial charge on any atom is 0.416 e. The van der Waals surface area contributed by atoms with Crippen LogP contribution in [0.3, 0.4) is 0 Å². The summed E-state index contributed by atoms with van der Waals surface area (Å²) in [6.45, 7) is 0. The van der Waals surface area contributed by atoms with Gasteiger partial charge in [-0.25, -0.2) is 0 Å². The van der Waals surface area contributed by atoms with Gasteiger partial charge >= 0.3 is 6.18 Å². The first-order valence-electron chi connectivity index (χ1n) is 6.87. The van der Waals surface area contributed by atoms with Crippen molar-refractivity contribution in [3.05, 3.63) is 64.9 Å². The molecule has 0 aliphatic carbocycles. The van der Waals surface area contributed by atoms with Gasteiger partial charge in [0, 0.05) is 10.7 Å². The zero-order chi connectivity index (χ0) is 18.0. The summed E-state index contributed by atoms with van der Waals surface area (Å²) in [5.41, 5.74) is -0.0663. The summed E-state index contributed by atoms with van der Waals surface area (Å²) in [6, 6.07) is 10.6. The molecule has 2 aromatic carbocycles. The van der Waals surface area contributed by atoms with Gasteiger partial charge in [-0.15, -0.1) is 15.0 Å². The highest BCUT2D eigenvalue weighted by molar-refractivity contribution is 6.30. The Morgan fingerprint density at radius 3 is 2.28 bits per heavy atom. The van der Waals surface area contributed by atoms with E-state index in [1.165, 1.54) is 12.1 Å². The number of hydrogen-bond acceptors (Lipinski definition) is 4. The highest BCUT2D eigenvalue weighted by atomic mass is 35.5. The van der Waals surface area contributed by atoms with Gasteiger partial charge in [0.05, 0.1) is 11.3 Å². The van der Waals surface area contributed by atoms with Gasteiger partial charge < -0.3 is 5.32 Å².